The van der Waals surface area contributed by atoms with E-state index in [1.54, 1.807) is 0 Å². The van der Waals surface area contributed by atoms with Gasteiger partial charge in [-0.3, -0.25) is 4.79 Å². The zero-order chi connectivity index (χ0) is 8.27. The lowest BCUT2D eigenvalue weighted by atomic mass is 10.0. The van der Waals surface area contributed by atoms with Gasteiger partial charge in [-0.15, -0.1) is 0 Å². The van der Waals surface area contributed by atoms with Gasteiger partial charge in [0.15, 0.2) is 5.78 Å². The van der Waals surface area contributed by atoms with Crippen molar-refractivity contribution < 1.29 is 9.53 Å². The van der Waals surface area contributed by atoms with Gasteiger partial charge in [-0.2, -0.15) is 0 Å². The van der Waals surface area contributed by atoms with Crippen molar-refractivity contribution in [2.24, 2.45) is 5.92 Å². The highest BCUT2D eigenvalue weighted by Gasteiger charge is 2.23. The Morgan fingerprint density at radius 2 is 2.36 bits per heavy atom. The minimum atomic E-state index is -0.0719. The third-order valence-electron chi connectivity index (χ3n) is 1.90. The van der Waals surface area contributed by atoms with Crippen LogP contribution in [0.2, 0.25) is 0 Å². The Balaban J connectivity index is 2.28. The number of rotatable bonds is 3. The fourth-order valence-corrected chi connectivity index (χ4v) is 1.37. The first kappa shape index (κ1) is 8.72. The van der Waals surface area contributed by atoms with Crippen molar-refractivity contribution >= 4 is 5.78 Å². The summed E-state index contributed by atoms with van der Waals surface area (Å²) in [6.07, 6.45) is 2.59. The van der Waals surface area contributed by atoms with Crippen LogP contribution in [0, 0.1) is 5.92 Å². The molecule has 0 aromatic carbocycles. The smallest absolute Gasteiger partial charge is 0.161 e. The Hall–Kier alpha value is -0.370. The maximum atomic E-state index is 11.3. The van der Waals surface area contributed by atoms with Crippen LogP contribution in [0.1, 0.15) is 33.1 Å². The van der Waals surface area contributed by atoms with Crippen molar-refractivity contribution in [3.8, 4) is 0 Å². The quantitative estimate of drug-likeness (QED) is 0.622. The largest absolute Gasteiger partial charge is 0.370 e. The third kappa shape index (κ3) is 2.62. The molecular weight excluding hydrogens is 140 g/mol. The topological polar surface area (TPSA) is 26.3 Å². The monoisotopic (exact) mass is 156 g/mol. The van der Waals surface area contributed by atoms with Crippen LogP contribution < -0.4 is 0 Å². The highest BCUT2D eigenvalue weighted by Crippen LogP contribution is 2.16. The van der Waals surface area contributed by atoms with Crippen LogP contribution in [0.5, 0.6) is 0 Å². The molecule has 1 heterocycles. The van der Waals surface area contributed by atoms with E-state index in [2.05, 4.69) is 13.8 Å². The molecule has 0 bridgehead atoms. The van der Waals surface area contributed by atoms with Gasteiger partial charge in [-0.25, -0.2) is 0 Å². The molecule has 0 radical (unpaired) electrons. The van der Waals surface area contributed by atoms with Crippen molar-refractivity contribution in [3.05, 3.63) is 0 Å². The lowest BCUT2D eigenvalue weighted by Crippen LogP contribution is -2.20. The van der Waals surface area contributed by atoms with Crippen LogP contribution >= 0.6 is 0 Å². The SMILES string of the molecule is CC(C)CC(=O)C1CCCO1. The molecule has 0 aromatic rings. The first-order valence-corrected chi connectivity index (χ1v) is 4.34. The maximum absolute atomic E-state index is 11.3. The summed E-state index contributed by atoms with van der Waals surface area (Å²) >= 11 is 0. The van der Waals surface area contributed by atoms with Crippen molar-refractivity contribution in [2.75, 3.05) is 6.61 Å². The molecule has 1 fully saturated rings. The molecule has 1 aliphatic rings. The number of hydrogen-bond donors (Lipinski definition) is 0. The molecule has 11 heavy (non-hydrogen) atoms. The Bertz CT molecular complexity index is 134. The van der Waals surface area contributed by atoms with E-state index in [4.69, 9.17) is 4.74 Å². The molecule has 1 atom stereocenters. The summed E-state index contributed by atoms with van der Waals surface area (Å²) in [5, 5.41) is 0. The first-order chi connectivity index (χ1) is 5.20. The van der Waals surface area contributed by atoms with Gasteiger partial charge in [0.05, 0.1) is 0 Å². The number of carbonyl (C=O) groups excluding carboxylic acids is 1. The molecule has 1 unspecified atom stereocenters. The van der Waals surface area contributed by atoms with Gasteiger partial charge in [0.25, 0.3) is 0 Å². The van der Waals surface area contributed by atoms with E-state index >= 15 is 0 Å². The second-order valence-corrected chi connectivity index (χ2v) is 3.57. The Morgan fingerprint density at radius 1 is 1.64 bits per heavy atom. The maximum Gasteiger partial charge on any atom is 0.161 e. The number of carbonyl (C=O) groups is 1. The number of ether oxygens (including phenoxy) is 1. The van der Waals surface area contributed by atoms with E-state index in [0.717, 1.165) is 19.4 Å². The predicted octanol–water partition coefficient (Wildman–Crippen LogP) is 1.78. The third-order valence-corrected chi connectivity index (χ3v) is 1.90. The molecule has 0 saturated carbocycles. The Labute approximate surface area is 67.9 Å². The van der Waals surface area contributed by atoms with Crippen LogP contribution in [-0.2, 0) is 9.53 Å². The number of Topliss-reactive ketones (excluding diaryl/α,β-unsaturated/α-hetero) is 1. The molecule has 0 N–H and O–H groups in total. The molecule has 1 aliphatic heterocycles. The second-order valence-electron chi connectivity index (χ2n) is 3.57. The van der Waals surface area contributed by atoms with Gasteiger partial charge in [0.2, 0.25) is 0 Å². The Kier molecular flexibility index (Phi) is 3.06. The molecule has 2 heteroatoms. The predicted molar refractivity (Wildman–Crippen MR) is 43.4 cm³/mol. The highest BCUT2D eigenvalue weighted by atomic mass is 16.5. The standard InChI is InChI=1S/C9H16O2/c1-7(2)6-8(10)9-4-3-5-11-9/h7,9H,3-6H2,1-2H3. The summed E-state index contributed by atoms with van der Waals surface area (Å²) in [6, 6.07) is 0. The molecule has 1 saturated heterocycles. The summed E-state index contributed by atoms with van der Waals surface area (Å²) in [5.74, 6) is 0.754. The van der Waals surface area contributed by atoms with E-state index in [1.165, 1.54) is 0 Å². The van der Waals surface area contributed by atoms with Gasteiger partial charge in [0, 0.05) is 13.0 Å². The van der Waals surface area contributed by atoms with Gasteiger partial charge >= 0.3 is 0 Å². The summed E-state index contributed by atoms with van der Waals surface area (Å²) in [6.45, 7) is 4.90. The zero-order valence-electron chi connectivity index (χ0n) is 7.30. The lowest BCUT2D eigenvalue weighted by molar-refractivity contribution is -0.128. The first-order valence-electron chi connectivity index (χ1n) is 4.34. The van der Waals surface area contributed by atoms with Gasteiger partial charge < -0.3 is 4.74 Å². The van der Waals surface area contributed by atoms with Gasteiger partial charge in [-0.05, 0) is 18.8 Å². The summed E-state index contributed by atoms with van der Waals surface area (Å²) in [4.78, 5) is 11.3. The molecule has 0 aromatic heterocycles. The molecule has 2 nitrogen and oxygen atoms in total. The van der Waals surface area contributed by atoms with E-state index in [0.29, 0.717) is 12.3 Å². The zero-order valence-corrected chi connectivity index (χ0v) is 7.30. The number of ketones is 1. The van der Waals surface area contributed by atoms with E-state index in [-0.39, 0.29) is 11.9 Å². The van der Waals surface area contributed by atoms with Crippen LogP contribution in [0.15, 0.2) is 0 Å². The summed E-state index contributed by atoms with van der Waals surface area (Å²) in [7, 11) is 0. The van der Waals surface area contributed by atoms with Crippen LogP contribution in [0.4, 0.5) is 0 Å². The van der Waals surface area contributed by atoms with Crippen LogP contribution in [0.25, 0.3) is 0 Å². The lowest BCUT2D eigenvalue weighted by Gasteiger charge is -2.09. The van der Waals surface area contributed by atoms with Gasteiger partial charge in [0.1, 0.15) is 6.10 Å². The summed E-state index contributed by atoms with van der Waals surface area (Å²) < 4.78 is 5.27. The van der Waals surface area contributed by atoms with Crippen molar-refractivity contribution in [3.63, 3.8) is 0 Å². The minimum Gasteiger partial charge on any atom is -0.370 e. The van der Waals surface area contributed by atoms with Crippen molar-refractivity contribution in [1.29, 1.82) is 0 Å². The molecule has 0 amide bonds. The number of hydrogen-bond acceptors (Lipinski definition) is 2. The average molecular weight is 156 g/mol. The second kappa shape index (κ2) is 3.86. The van der Waals surface area contributed by atoms with E-state index < -0.39 is 0 Å². The molecule has 64 valence electrons. The Morgan fingerprint density at radius 3 is 2.82 bits per heavy atom. The van der Waals surface area contributed by atoms with E-state index in [1.807, 2.05) is 0 Å². The fourth-order valence-electron chi connectivity index (χ4n) is 1.37. The fraction of sp³-hybridized carbons (Fsp3) is 0.889. The van der Waals surface area contributed by atoms with Crippen molar-refractivity contribution in [1.82, 2.24) is 0 Å². The van der Waals surface area contributed by atoms with Crippen molar-refractivity contribution in [2.45, 2.75) is 39.2 Å². The minimum absolute atomic E-state index is 0.0719. The highest BCUT2D eigenvalue weighted by molar-refractivity contribution is 5.83. The molecule has 1 rings (SSSR count). The van der Waals surface area contributed by atoms with E-state index in [9.17, 15) is 4.79 Å². The van der Waals surface area contributed by atoms with Crippen LogP contribution in [0.3, 0.4) is 0 Å². The molecule has 0 aliphatic carbocycles. The molecule has 0 spiro atoms. The van der Waals surface area contributed by atoms with Crippen LogP contribution in [-0.4, -0.2) is 18.5 Å². The normalized spacial score (nSPS) is 24.5. The average Bonchev–Trinajstić information content (AvgIpc) is 2.35. The molecular formula is C9H16O2. The summed E-state index contributed by atoms with van der Waals surface area (Å²) in [5.41, 5.74) is 0. The van der Waals surface area contributed by atoms with Gasteiger partial charge in [-0.1, -0.05) is 13.8 Å².